The van der Waals surface area contributed by atoms with Crippen LogP contribution in [0.1, 0.15) is 18.9 Å². The molecule has 19 heavy (non-hydrogen) atoms. The molecular weight excluding hydrogens is 247 g/mol. The van der Waals surface area contributed by atoms with Gasteiger partial charge in [0, 0.05) is 0 Å². The quantitative estimate of drug-likeness (QED) is 0.760. The van der Waals surface area contributed by atoms with Crippen LogP contribution >= 0.6 is 0 Å². The van der Waals surface area contributed by atoms with E-state index in [1.807, 2.05) is 0 Å². The second kappa shape index (κ2) is 6.68. The lowest BCUT2D eigenvalue weighted by molar-refractivity contribution is -0.126. The SMILES string of the molecule is C=C(C)C[C@@H](NC(=O)Cc1ccc(F)cc1)C(N)=O. The van der Waals surface area contributed by atoms with E-state index in [0.717, 1.165) is 5.57 Å². The summed E-state index contributed by atoms with van der Waals surface area (Å²) in [6.07, 6.45) is 0.380. The Balaban J connectivity index is 2.59. The molecule has 0 radical (unpaired) electrons. The molecule has 1 aromatic rings. The topological polar surface area (TPSA) is 72.2 Å². The fourth-order valence-electron chi connectivity index (χ4n) is 1.60. The van der Waals surface area contributed by atoms with E-state index in [4.69, 9.17) is 5.73 Å². The highest BCUT2D eigenvalue weighted by atomic mass is 19.1. The van der Waals surface area contributed by atoms with Crippen LogP contribution in [-0.2, 0) is 16.0 Å². The minimum absolute atomic E-state index is 0.0697. The Bertz CT molecular complexity index is 483. The molecule has 5 heteroatoms. The van der Waals surface area contributed by atoms with Crippen molar-refractivity contribution in [1.29, 1.82) is 0 Å². The first-order valence-electron chi connectivity index (χ1n) is 5.86. The number of hydrogen-bond donors (Lipinski definition) is 2. The van der Waals surface area contributed by atoms with Gasteiger partial charge in [0.25, 0.3) is 0 Å². The third kappa shape index (κ3) is 5.33. The van der Waals surface area contributed by atoms with E-state index in [2.05, 4.69) is 11.9 Å². The first-order valence-corrected chi connectivity index (χ1v) is 5.86. The lowest BCUT2D eigenvalue weighted by atomic mass is 10.1. The van der Waals surface area contributed by atoms with Gasteiger partial charge in [0.2, 0.25) is 11.8 Å². The Hall–Kier alpha value is -2.17. The van der Waals surface area contributed by atoms with E-state index in [1.165, 1.54) is 24.3 Å². The van der Waals surface area contributed by atoms with Gasteiger partial charge in [-0.1, -0.05) is 17.7 Å². The largest absolute Gasteiger partial charge is 0.368 e. The molecule has 0 aromatic heterocycles. The summed E-state index contributed by atoms with van der Waals surface area (Å²) >= 11 is 0. The van der Waals surface area contributed by atoms with Crippen LogP contribution in [0.4, 0.5) is 4.39 Å². The molecule has 1 aromatic carbocycles. The van der Waals surface area contributed by atoms with E-state index in [0.29, 0.717) is 12.0 Å². The van der Waals surface area contributed by atoms with Gasteiger partial charge < -0.3 is 11.1 Å². The average molecular weight is 264 g/mol. The summed E-state index contributed by atoms with van der Waals surface area (Å²) in [7, 11) is 0. The van der Waals surface area contributed by atoms with Gasteiger partial charge in [0.05, 0.1) is 6.42 Å². The second-order valence-corrected chi connectivity index (χ2v) is 4.49. The van der Waals surface area contributed by atoms with Crippen molar-refractivity contribution in [3.63, 3.8) is 0 Å². The molecule has 0 bridgehead atoms. The summed E-state index contributed by atoms with van der Waals surface area (Å²) in [5, 5.41) is 2.54. The van der Waals surface area contributed by atoms with E-state index in [-0.39, 0.29) is 18.1 Å². The van der Waals surface area contributed by atoms with Gasteiger partial charge >= 0.3 is 0 Å². The van der Waals surface area contributed by atoms with Gasteiger partial charge in [-0.15, -0.1) is 6.58 Å². The summed E-state index contributed by atoms with van der Waals surface area (Å²) in [6, 6.07) is 4.84. The van der Waals surface area contributed by atoms with Crippen molar-refractivity contribution in [3.05, 3.63) is 47.8 Å². The first-order chi connectivity index (χ1) is 8.88. The molecule has 2 amide bonds. The highest BCUT2D eigenvalue weighted by molar-refractivity contribution is 5.87. The predicted molar refractivity (Wildman–Crippen MR) is 70.7 cm³/mol. The van der Waals surface area contributed by atoms with Crippen LogP contribution in [0.25, 0.3) is 0 Å². The van der Waals surface area contributed by atoms with Crippen LogP contribution in [0.2, 0.25) is 0 Å². The zero-order valence-electron chi connectivity index (χ0n) is 10.8. The van der Waals surface area contributed by atoms with E-state index in [9.17, 15) is 14.0 Å². The second-order valence-electron chi connectivity index (χ2n) is 4.49. The molecule has 0 fully saturated rings. The molecule has 1 rings (SSSR count). The summed E-state index contributed by atoms with van der Waals surface area (Å²) in [5.41, 5.74) is 6.62. The highest BCUT2D eigenvalue weighted by Crippen LogP contribution is 2.05. The third-order valence-electron chi connectivity index (χ3n) is 2.51. The molecular formula is C14H17FN2O2. The number of amides is 2. The van der Waals surface area contributed by atoms with E-state index < -0.39 is 11.9 Å². The van der Waals surface area contributed by atoms with Crippen molar-refractivity contribution in [1.82, 2.24) is 5.32 Å². The zero-order valence-corrected chi connectivity index (χ0v) is 10.8. The first kappa shape index (κ1) is 14.9. The number of benzene rings is 1. The van der Waals surface area contributed by atoms with Gasteiger partial charge in [-0.25, -0.2) is 4.39 Å². The summed E-state index contributed by atoms with van der Waals surface area (Å²) in [6.45, 7) is 5.43. The lowest BCUT2D eigenvalue weighted by Gasteiger charge is -2.15. The number of halogens is 1. The molecule has 1 atom stereocenters. The maximum absolute atomic E-state index is 12.7. The maximum atomic E-state index is 12.7. The standard InChI is InChI=1S/C14H17FN2O2/c1-9(2)7-12(14(16)19)17-13(18)8-10-3-5-11(15)6-4-10/h3-6,12H,1,7-8H2,2H3,(H2,16,19)(H,17,18)/t12-/m1/s1. The number of primary amides is 1. The molecule has 0 aliphatic carbocycles. The van der Waals surface area contributed by atoms with E-state index in [1.54, 1.807) is 6.92 Å². The summed E-state index contributed by atoms with van der Waals surface area (Å²) in [5.74, 6) is -1.30. The minimum atomic E-state index is -0.759. The van der Waals surface area contributed by atoms with Crippen LogP contribution in [0, 0.1) is 5.82 Å². The Labute approximate surface area is 111 Å². The fraction of sp³-hybridized carbons (Fsp3) is 0.286. The Morgan fingerprint density at radius 1 is 1.37 bits per heavy atom. The van der Waals surface area contributed by atoms with Crippen molar-refractivity contribution in [3.8, 4) is 0 Å². The van der Waals surface area contributed by atoms with Crippen LogP contribution in [0.3, 0.4) is 0 Å². The summed E-state index contributed by atoms with van der Waals surface area (Å²) in [4.78, 5) is 22.9. The zero-order chi connectivity index (χ0) is 14.4. The molecule has 0 heterocycles. The van der Waals surface area contributed by atoms with Crippen molar-refractivity contribution < 1.29 is 14.0 Å². The Kier molecular flexibility index (Phi) is 5.23. The molecule has 0 aliphatic heterocycles. The van der Waals surface area contributed by atoms with Gasteiger partial charge in [-0.2, -0.15) is 0 Å². The van der Waals surface area contributed by atoms with Crippen LogP contribution in [0.15, 0.2) is 36.4 Å². The van der Waals surface area contributed by atoms with E-state index >= 15 is 0 Å². The maximum Gasteiger partial charge on any atom is 0.240 e. The number of nitrogens with two attached hydrogens (primary N) is 1. The Morgan fingerprint density at radius 3 is 2.42 bits per heavy atom. The third-order valence-corrected chi connectivity index (χ3v) is 2.51. The van der Waals surface area contributed by atoms with Gasteiger partial charge in [-0.3, -0.25) is 9.59 Å². The highest BCUT2D eigenvalue weighted by Gasteiger charge is 2.17. The van der Waals surface area contributed by atoms with Crippen molar-refractivity contribution >= 4 is 11.8 Å². The predicted octanol–water partition coefficient (Wildman–Crippen LogP) is 1.30. The number of rotatable bonds is 6. The molecule has 0 saturated carbocycles. The number of carbonyl (C=O) groups excluding carboxylic acids is 2. The Morgan fingerprint density at radius 2 is 1.95 bits per heavy atom. The van der Waals surface area contributed by atoms with Crippen LogP contribution < -0.4 is 11.1 Å². The molecule has 4 nitrogen and oxygen atoms in total. The molecule has 102 valence electrons. The van der Waals surface area contributed by atoms with Crippen molar-refractivity contribution in [2.24, 2.45) is 5.73 Å². The van der Waals surface area contributed by atoms with Crippen LogP contribution in [-0.4, -0.2) is 17.9 Å². The lowest BCUT2D eigenvalue weighted by Crippen LogP contribution is -2.45. The normalized spacial score (nSPS) is 11.7. The van der Waals surface area contributed by atoms with Crippen molar-refractivity contribution in [2.45, 2.75) is 25.8 Å². The number of nitrogens with one attached hydrogen (secondary N) is 1. The van der Waals surface area contributed by atoms with Gasteiger partial charge in [-0.05, 0) is 31.0 Å². The smallest absolute Gasteiger partial charge is 0.240 e. The van der Waals surface area contributed by atoms with Crippen LogP contribution in [0.5, 0.6) is 0 Å². The van der Waals surface area contributed by atoms with Gasteiger partial charge in [0.1, 0.15) is 11.9 Å². The fourth-order valence-corrected chi connectivity index (χ4v) is 1.60. The number of carbonyl (C=O) groups is 2. The molecule has 0 spiro atoms. The molecule has 0 saturated heterocycles. The molecule has 0 aliphatic rings. The number of hydrogen-bond acceptors (Lipinski definition) is 2. The van der Waals surface area contributed by atoms with Crippen molar-refractivity contribution in [2.75, 3.05) is 0 Å². The minimum Gasteiger partial charge on any atom is -0.368 e. The van der Waals surface area contributed by atoms with Gasteiger partial charge in [0.15, 0.2) is 0 Å². The molecule has 3 N–H and O–H groups in total. The monoisotopic (exact) mass is 264 g/mol. The average Bonchev–Trinajstić information content (AvgIpc) is 2.30. The molecule has 0 unspecified atom stereocenters. The summed E-state index contributed by atoms with van der Waals surface area (Å²) < 4.78 is 12.7.